The average Bonchev–Trinajstić information content (AvgIpc) is 3.37. The third kappa shape index (κ3) is 5.65. The highest BCUT2D eigenvalue weighted by Gasteiger charge is 2.24. The van der Waals surface area contributed by atoms with Crippen LogP contribution in [-0.4, -0.2) is 35.7 Å². The maximum Gasteiger partial charge on any atom is 0.410 e. The molecule has 1 aliphatic rings. The highest BCUT2D eigenvalue weighted by atomic mass is 32.1. The van der Waals surface area contributed by atoms with Crippen LogP contribution in [0, 0.1) is 17.2 Å². The van der Waals surface area contributed by atoms with Crippen LogP contribution in [-0.2, 0) is 11.3 Å². The van der Waals surface area contributed by atoms with E-state index in [4.69, 9.17) is 9.47 Å². The highest BCUT2D eigenvalue weighted by Crippen LogP contribution is 2.28. The van der Waals surface area contributed by atoms with E-state index < -0.39 is 0 Å². The van der Waals surface area contributed by atoms with Crippen LogP contribution in [0.25, 0.3) is 11.1 Å². The van der Waals surface area contributed by atoms with E-state index in [2.05, 4.69) is 11.1 Å². The summed E-state index contributed by atoms with van der Waals surface area (Å²) in [4.78, 5) is 19.0. The lowest BCUT2D eigenvalue weighted by Gasteiger charge is -2.31. The molecular formula is C25H25N3O3S. The van der Waals surface area contributed by atoms with Gasteiger partial charge in [-0.3, -0.25) is 4.98 Å². The van der Waals surface area contributed by atoms with Crippen molar-refractivity contribution in [2.45, 2.75) is 25.9 Å². The van der Waals surface area contributed by atoms with Crippen LogP contribution in [0.5, 0.6) is 5.75 Å². The van der Waals surface area contributed by atoms with E-state index in [-0.39, 0.29) is 12.7 Å². The largest absolute Gasteiger partial charge is 0.492 e. The zero-order valence-electron chi connectivity index (χ0n) is 17.8. The monoisotopic (exact) mass is 447 g/mol. The average molecular weight is 448 g/mol. The van der Waals surface area contributed by atoms with E-state index in [0.29, 0.717) is 36.9 Å². The molecule has 1 aliphatic heterocycles. The minimum atomic E-state index is -0.260. The van der Waals surface area contributed by atoms with Gasteiger partial charge in [-0.05, 0) is 48.4 Å². The Kier molecular flexibility index (Phi) is 7.36. The number of rotatable bonds is 7. The molecule has 2 aromatic carbocycles. The van der Waals surface area contributed by atoms with E-state index in [0.717, 1.165) is 35.3 Å². The molecule has 1 aromatic heterocycles. The van der Waals surface area contributed by atoms with Gasteiger partial charge in [-0.2, -0.15) is 5.26 Å². The van der Waals surface area contributed by atoms with Gasteiger partial charge in [-0.25, -0.2) is 4.79 Å². The molecule has 6 nitrogen and oxygen atoms in total. The molecule has 7 heteroatoms. The molecule has 1 saturated heterocycles. The second kappa shape index (κ2) is 10.8. The van der Waals surface area contributed by atoms with E-state index in [1.54, 1.807) is 16.6 Å². The lowest BCUT2D eigenvalue weighted by molar-refractivity contribution is 0.0807. The second-order valence-electron chi connectivity index (χ2n) is 7.78. The molecule has 32 heavy (non-hydrogen) atoms. The quantitative estimate of drug-likeness (QED) is 0.478. The number of nitriles is 1. The molecule has 0 spiro atoms. The van der Waals surface area contributed by atoms with Gasteiger partial charge in [0.2, 0.25) is 0 Å². The first-order chi connectivity index (χ1) is 15.7. The van der Waals surface area contributed by atoms with E-state index in [1.165, 1.54) is 11.3 Å². The molecule has 0 saturated carbocycles. The summed E-state index contributed by atoms with van der Waals surface area (Å²) in [5.41, 5.74) is 4.40. The zero-order chi connectivity index (χ0) is 22.2. The maximum absolute atomic E-state index is 12.3. The summed E-state index contributed by atoms with van der Waals surface area (Å²) in [5.74, 6) is 1.11. The van der Waals surface area contributed by atoms with Crippen molar-refractivity contribution in [3.05, 3.63) is 70.7 Å². The predicted octanol–water partition coefficient (Wildman–Crippen LogP) is 5.50. The van der Waals surface area contributed by atoms with Crippen molar-refractivity contribution < 1.29 is 14.3 Å². The fourth-order valence-electron chi connectivity index (χ4n) is 3.82. The minimum absolute atomic E-state index is 0.260. The van der Waals surface area contributed by atoms with Crippen LogP contribution in [0.4, 0.5) is 4.79 Å². The van der Waals surface area contributed by atoms with Gasteiger partial charge in [0.25, 0.3) is 0 Å². The van der Waals surface area contributed by atoms with Crippen LogP contribution in [0.1, 0.15) is 29.7 Å². The Morgan fingerprint density at radius 1 is 1.16 bits per heavy atom. The first-order valence-electron chi connectivity index (χ1n) is 10.7. The van der Waals surface area contributed by atoms with Gasteiger partial charge < -0.3 is 14.4 Å². The number of thiazole rings is 1. The first-order valence-corrected chi connectivity index (χ1v) is 11.6. The fourth-order valence-corrected chi connectivity index (χ4v) is 4.33. The van der Waals surface area contributed by atoms with Crippen molar-refractivity contribution in [2.24, 2.45) is 5.92 Å². The van der Waals surface area contributed by atoms with E-state index in [1.807, 2.05) is 48.5 Å². The molecule has 2 heterocycles. The molecule has 0 N–H and O–H groups in total. The SMILES string of the molecule is N#Cc1ccc(-c2ccccc2)cc1OCCC1CCN(C(=O)OCc2cncs2)CC1. The Balaban J connectivity index is 1.24. The lowest BCUT2D eigenvalue weighted by Crippen LogP contribution is -2.39. The number of piperidine rings is 1. The molecular weight excluding hydrogens is 422 g/mol. The van der Waals surface area contributed by atoms with Gasteiger partial charge in [0.05, 0.1) is 22.6 Å². The summed E-state index contributed by atoms with van der Waals surface area (Å²) < 4.78 is 11.4. The highest BCUT2D eigenvalue weighted by molar-refractivity contribution is 7.09. The van der Waals surface area contributed by atoms with Crippen molar-refractivity contribution in [3.63, 3.8) is 0 Å². The number of carbonyl (C=O) groups excluding carboxylic acids is 1. The summed E-state index contributed by atoms with van der Waals surface area (Å²) in [6, 6.07) is 18.0. The molecule has 0 atom stereocenters. The number of amides is 1. The summed E-state index contributed by atoms with van der Waals surface area (Å²) in [5, 5.41) is 9.43. The maximum atomic E-state index is 12.3. The standard InChI is InChI=1S/C25H25N3O3S/c26-15-22-7-6-21(20-4-2-1-3-5-20)14-24(22)30-13-10-19-8-11-28(12-9-19)25(29)31-17-23-16-27-18-32-23/h1-7,14,16,18-19H,8-13,17H2. The molecule has 3 aromatic rings. The first kappa shape index (κ1) is 21.8. The Labute approximate surface area is 192 Å². The van der Waals surface area contributed by atoms with Gasteiger partial charge in [0.1, 0.15) is 18.4 Å². The van der Waals surface area contributed by atoms with Crippen molar-refractivity contribution >= 4 is 17.4 Å². The number of aromatic nitrogens is 1. The van der Waals surface area contributed by atoms with E-state index in [9.17, 15) is 10.1 Å². The molecule has 164 valence electrons. The number of hydrogen-bond donors (Lipinski definition) is 0. The van der Waals surface area contributed by atoms with Crippen LogP contribution in [0.15, 0.2) is 60.2 Å². The molecule has 1 fully saturated rings. The van der Waals surface area contributed by atoms with Crippen LogP contribution >= 0.6 is 11.3 Å². The molecule has 0 bridgehead atoms. The van der Waals surface area contributed by atoms with Gasteiger partial charge in [-0.15, -0.1) is 11.3 Å². The van der Waals surface area contributed by atoms with Crippen LogP contribution < -0.4 is 4.74 Å². The van der Waals surface area contributed by atoms with Crippen molar-refractivity contribution in [1.29, 1.82) is 5.26 Å². The predicted molar refractivity (Wildman–Crippen MR) is 123 cm³/mol. The van der Waals surface area contributed by atoms with Crippen LogP contribution in [0.2, 0.25) is 0 Å². The lowest BCUT2D eigenvalue weighted by atomic mass is 9.94. The van der Waals surface area contributed by atoms with Crippen LogP contribution in [0.3, 0.4) is 0 Å². The van der Waals surface area contributed by atoms with Gasteiger partial charge in [0.15, 0.2) is 0 Å². The number of ether oxygens (including phenoxy) is 2. The summed E-state index contributed by atoms with van der Waals surface area (Å²) >= 11 is 1.48. The number of carbonyl (C=O) groups is 1. The van der Waals surface area contributed by atoms with Crippen molar-refractivity contribution in [3.8, 4) is 22.9 Å². The third-order valence-corrected chi connectivity index (χ3v) is 6.44. The molecule has 0 radical (unpaired) electrons. The normalized spacial score (nSPS) is 14.0. The van der Waals surface area contributed by atoms with Gasteiger partial charge in [0, 0.05) is 19.3 Å². The summed E-state index contributed by atoms with van der Waals surface area (Å²) in [6.07, 6.45) is 4.20. The smallest absolute Gasteiger partial charge is 0.410 e. The number of hydrogen-bond acceptors (Lipinski definition) is 6. The zero-order valence-corrected chi connectivity index (χ0v) is 18.6. The second-order valence-corrected chi connectivity index (χ2v) is 8.75. The van der Waals surface area contributed by atoms with Crippen molar-refractivity contribution in [1.82, 2.24) is 9.88 Å². The molecule has 0 aliphatic carbocycles. The molecule has 0 unspecified atom stereocenters. The fraction of sp³-hybridized carbons (Fsp3) is 0.320. The summed E-state index contributed by atoms with van der Waals surface area (Å²) in [6.45, 7) is 2.21. The van der Waals surface area contributed by atoms with Gasteiger partial charge >= 0.3 is 6.09 Å². The molecule has 4 rings (SSSR count). The molecule has 1 amide bonds. The number of nitrogens with zero attached hydrogens (tertiary/aromatic N) is 3. The summed E-state index contributed by atoms with van der Waals surface area (Å²) in [7, 11) is 0. The minimum Gasteiger partial charge on any atom is -0.492 e. The number of likely N-dealkylation sites (tertiary alicyclic amines) is 1. The van der Waals surface area contributed by atoms with Gasteiger partial charge in [-0.1, -0.05) is 36.4 Å². The Morgan fingerprint density at radius 2 is 1.97 bits per heavy atom. The Bertz CT molecular complexity index is 1060. The topological polar surface area (TPSA) is 75.5 Å². The van der Waals surface area contributed by atoms with Crippen molar-refractivity contribution in [2.75, 3.05) is 19.7 Å². The Morgan fingerprint density at radius 3 is 2.69 bits per heavy atom. The number of benzene rings is 2. The third-order valence-electron chi connectivity index (χ3n) is 5.69. The Hall–Kier alpha value is -3.37. The van der Waals surface area contributed by atoms with E-state index >= 15 is 0 Å².